The van der Waals surface area contributed by atoms with Crippen molar-refractivity contribution in [2.45, 2.75) is 39.5 Å². The van der Waals surface area contributed by atoms with Crippen molar-refractivity contribution in [2.75, 3.05) is 0 Å². The Kier molecular flexibility index (Phi) is 6.27. The second-order valence-electron chi connectivity index (χ2n) is 8.35. The van der Waals surface area contributed by atoms with Crippen LogP contribution in [0.3, 0.4) is 0 Å². The maximum absolute atomic E-state index is 13.1. The van der Waals surface area contributed by atoms with Crippen LogP contribution in [0.2, 0.25) is 0 Å². The number of ketones is 1. The third-order valence-corrected chi connectivity index (χ3v) is 5.46. The minimum atomic E-state index is -0.724. The number of rotatable bonds is 6. The molecule has 2 heterocycles. The van der Waals surface area contributed by atoms with E-state index in [-0.39, 0.29) is 24.0 Å². The summed E-state index contributed by atoms with van der Waals surface area (Å²) in [6.45, 7) is 5.96. The van der Waals surface area contributed by atoms with Crippen molar-refractivity contribution >= 4 is 17.4 Å². The summed E-state index contributed by atoms with van der Waals surface area (Å²) in [6.07, 6.45) is 1.66. The number of aryl methyl sites for hydroxylation is 1. The molecule has 6 heteroatoms. The lowest BCUT2D eigenvalue weighted by Crippen LogP contribution is -2.29. The van der Waals surface area contributed by atoms with E-state index < -0.39 is 17.7 Å². The summed E-state index contributed by atoms with van der Waals surface area (Å²) < 4.78 is 5.67. The van der Waals surface area contributed by atoms with E-state index in [0.717, 1.165) is 11.1 Å². The first-order valence-electron chi connectivity index (χ1n) is 10.9. The van der Waals surface area contributed by atoms with E-state index in [4.69, 9.17) is 4.74 Å². The molecule has 1 N–H and O–H groups in total. The van der Waals surface area contributed by atoms with Crippen molar-refractivity contribution in [3.63, 3.8) is 0 Å². The number of aliphatic hydroxyl groups excluding tert-OH is 1. The van der Waals surface area contributed by atoms with Gasteiger partial charge in [0.2, 0.25) is 0 Å². The Balaban J connectivity index is 1.80. The zero-order chi connectivity index (χ0) is 23.5. The Hall–Kier alpha value is -3.93. The Morgan fingerprint density at radius 3 is 2.45 bits per heavy atom. The van der Waals surface area contributed by atoms with Gasteiger partial charge in [-0.25, -0.2) is 0 Å². The smallest absolute Gasteiger partial charge is 0.296 e. The Labute approximate surface area is 193 Å². The fraction of sp³-hybridized carbons (Fsp3) is 0.222. The molecule has 1 amide bonds. The molecule has 1 unspecified atom stereocenters. The van der Waals surface area contributed by atoms with Gasteiger partial charge in [-0.3, -0.25) is 14.6 Å². The van der Waals surface area contributed by atoms with Crippen LogP contribution in [-0.2, 0) is 16.1 Å². The molecule has 168 valence electrons. The summed E-state index contributed by atoms with van der Waals surface area (Å²) in [6, 6.07) is 19.2. The number of carbonyl (C=O) groups is 2. The van der Waals surface area contributed by atoms with E-state index in [9.17, 15) is 14.7 Å². The lowest BCUT2D eigenvalue weighted by atomic mass is 9.94. The summed E-state index contributed by atoms with van der Waals surface area (Å²) >= 11 is 0. The number of likely N-dealkylation sites (tertiary alicyclic amines) is 1. The molecule has 3 aromatic rings. The molecule has 2 aromatic carbocycles. The first-order chi connectivity index (χ1) is 15.8. The van der Waals surface area contributed by atoms with Gasteiger partial charge in [-0.2, -0.15) is 0 Å². The molecule has 0 aliphatic carbocycles. The molecular formula is C27H26N2O4. The predicted octanol–water partition coefficient (Wildman–Crippen LogP) is 4.80. The van der Waals surface area contributed by atoms with Crippen molar-refractivity contribution in [3.8, 4) is 5.75 Å². The summed E-state index contributed by atoms with van der Waals surface area (Å²) in [7, 11) is 0. The highest BCUT2D eigenvalue weighted by atomic mass is 16.5. The quantitative estimate of drug-likeness (QED) is 0.337. The SMILES string of the molecule is Cc1cccc(C2/C(=C(/O)c3ccc(OC(C)C)cc3)C(=O)C(=O)N2Cc2ccccn2)c1. The zero-order valence-corrected chi connectivity index (χ0v) is 18.9. The van der Waals surface area contributed by atoms with Gasteiger partial charge >= 0.3 is 0 Å². The van der Waals surface area contributed by atoms with Gasteiger partial charge in [0.05, 0.1) is 30.0 Å². The summed E-state index contributed by atoms with van der Waals surface area (Å²) in [5.74, 6) is -0.919. The Bertz CT molecular complexity index is 1200. The molecule has 1 atom stereocenters. The van der Waals surface area contributed by atoms with E-state index in [0.29, 0.717) is 17.0 Å². The van der Waals surface area contributed by atoms with Crippen LogP contribution in [0.15, 0.2) is 78.5 Å². The monoisotopic (exact) mass is 442 g/mol. The molecule has 4 rings (SSSR count). The van der Waals surface area contributed by atoms with Gasteiger partial charge in [-0.1, -0.05) is 35.9 Å². The highest BCUT2D eigenvalue weighted by Crippen LogP contribution is 2.40. The van der Waals surface area contributed by atoms with Crippen LogP contribution >= 0.6 is 0 Å². The highest BCUT2D eigenvalue weighted by molar-refractivity contribution is 6.46. The fourth-order valence-corrected chi connectivity index (χ4v) is 4.02. The second kappa shape index (κ2) is 9.28. The van der Waals surface area contributed by atoms with Crippen LogP contribution in [0.5, 0.6) is 5.75 Å². The van der Waals surface area contributed by atoms with Gasteiger partial charge in [0.15, 0.2) is 0 Å². The van der Waals surface area contributed by atoms with E-state index in [1.807, 2.05) is 51.1 Å². The molecule has 33 heavy (non-hydrogen) atoms. The lowest BCUT2D eigenvalue weighted by molar-refractivity contribution is -0.140. The standard InChI is InChI=1S/C27H26N2O4/c1-17(2)33-22-12-10-19(11-13-22)25(30)23-24(20-8-6-7-18(3)15-20)29(27(32)26(23)31)16-21-9-4-5-14-28-21/h4-15,17,24,30H,16H2,1-3H3/b25-23-. The normalized spacial score (nSPS) is 17.6. The Morgan fingerprint density at radius 2 is 1.82 bits per heavy atom. The topological polar surface area (TPSA) is 79.7 Å². The van der Waals surface area contributed by atoms with Crippen LogP contribution in [0.4, 0.5) is 0 Å². The molecule has 0 saturated carbocycles. The fourth-order valence-electron chi connectivity index (χ4n) is 4.02. The van der Waals surface area contributed by atoms with Gasteiger partial charge in [0.1, 0.15) is 11.5 Å². The largest absolute Gasteiger partial charge is 0.507 e. The molecule has 1 aliphatic rings. The summed E-state index contributed by atoms with van der Waals surface area (Å²) in [5.41, 5.74) is 2.92. The van der Waals surface area contributed by atoms with Crippen molar-refractivity contribution < 1.29 is 19.4 Å². The number of aromatic nitrogens is 1. The van der Waals surface area contributed by atoms with E-state index >= 15 is 0 Å². The maximum Gasteiger partial charge on any atom is 0.296 e. The summed E-state index contributed by atoms with van der Waals surface area (Å²) in [5, 5.41) is 11.2. The third kappa shape index (κ3) is 4.65. The molecule has 0 radical (unpaired) electrons. The van der Waals surface area contributed by atoms with Crippen LogP contribution in [0.1, 0.15) is 42.3 Å². The van der Waals surface area contributed by atoms with Crippen LogP contribution in [0.25, 0.3) is 5.76 Å². The predicted molar refractivity (Wildman–Crippen MR) is 125 cm³/mol. The number of benzene rings is 2. The van der Waals surface area contributed by atoms with Crippen LogP contribution in [-0.4, -0.2) is 32.8 Å². The number of Topliss-reactive ketones (excluding diaryl/α,β-unsaturated/α-hetero) is 1. The molecular weight excluding hydrogens is 416 g/mol. The number of hydrogen-bond acceptors (Lipinski definition) is 5. The second-order valence-corrected chi connectivity index (χ2v) is 8.35. The first-order valence-corrected chi connectivity index (χ1v) is 10.9. The number of aliphatic hydroxyl groups is 1. The number of amides is 1. The molecule has 1 fully saturated rings. The van der Waals surface area contributed by atoms with Crippen LogP contribution < -0.4 is 4.74 Å². The number of ether oxygens (including phenoxy) is 1. The molecule has 1 aliphatic heterocycles. The van der Waals surface area contributed by atoms with Gasteiger partial charge in [0, 0.05) is 11.8 Å². The average Bonchev–Trinajstić information content (AvgIpc) is 3.04. The lowest BCUT2D eigenvalue weighted by Gasteiger charge is -2.25. The maximum atomic E-state index is 13.1. The van der Waals surface area contributed by atoms with Gasteiger partial charge < -0.3 is 14.7 Å². The van der Waals surface area contributed by atoms with Gasteiger partial charge in [-0.05, 0) is 62.7 Å². The van der Waals surface area contributed by atoms with Gasteiger partial charge in [0.25, 0.3) is 11.7 Å². The van der Waals surface area contributed by atoms with Crippen molar-refractivity contribution in [1.29, 1.82) is 0 Å². The average molecular weight is 443 g/mol. The first kappa shape index (κ1) is 22.3. The number of nitrogens with zero attached hydrogens (tertiary/aromatic N) is 2. The number of pyridine rings is 1. The van der Waals surface area contributed by atoms with Gasteiger partial charge in [-0.15, -0.1) is 0 Å². The zero-order valence-electron chi connectivity index (χ0n) is 18.9. The molecule has 1 aromatic heterocycles. The number of carbonyl (C=O) groups excluding carboxylic acids is 2. The van der Waals surface area contributed by atoms with Crippen molar-refractivity contribution in [1.82, 2.24) is 9.88 Å². The summed E-state index contributed by atoms with van der Waals surface area (Å²) in [4.78, 5) is 32.0. The molecule has 1 saturated heterocycles. The third-order valence-electron chi connectivity index (χ3n) is 5.46. The van der Waals surface area contributed by atoms with Crippen LogP contribution in [0, 0.1) is 6.92 Å². The Morgan fingerprint density at radius 1 is 1.06 bits per heavy atom. The molecule has 0 spiro atoms. The van der Waals surface area contributed by atoms with E-state index in [1.165, 1.54) is 4.90 Å². The van der Waals surface area contributed by atoms with Crippen molar-refractivity contribution in [3.05, 3.63) is 101 Å². The molecule has 0 bridgehead atoms. The van der Waals surface area contributed by atoms with E-state index in [2.05, 4.69) is 4.98 Å². The molecule has 6 nitrogen and oxygen atoms in total. The number of hydrogen-bond donors (Lipinski definition) is 1. The van der Waals surface area contributed by atoms with Crippen molar-refractivity contribution in [2.24, 2.45) is 0 Å². The highest BCUT2D eigenvalue weighted by Gasteiger charge is 2.46. The van der Waals surface area contributed by atoms with E-state index in [1.54, 1.807) is 42.6 Å². The minimum Gasteiger partial charge on any atom is -0.507 e. The minimum absolute atomic E-state index is 0.0164.